The molecule has 0 heterocycles. The molecule has 2 atom stereocenters. The zero-order valence-corrected chi connectivity index (χ0v) is 12.9. The van der Waals surface area contributed by atoms with Gasteiger partial charge in [0.1, 0.15) is 6.10 Å². The van der Waals surface area contributed by atoms with Gasteiger partial charge in [-0.3, -0.25) is 10.1 Å². The first-order valence-corrected chi connectivity index (χ1v) is 7.50. The Kier molecular flexibility index (Phi) is 4.45. The number of nitro benzene ring substituents is 1. The number of nitrogens with zero attached hydrogens (tertiary/aromatic N) is 1. The van der Waals surface area contributed by atoms with Gasteiger partial charge in [-0.05, 0) is 18.9 Å². The minimum absolute atomic E-state index is 0.0562. The summed E-state index contributed by atoms with van der Waals surface area (Å²) in [7, 11) is 0. The van der Waals surface area contributed by atoms with E-state index in [2.05, 4.69) is 13.8 Å². The summed E-state index contributed by atoms with van der Waals surface area (Å²) in [6.45, 7) is 4.14. The van der Waals surface area contributed by atoms with Crippen LogP contribution in [0.2, 0.25) is 5.02 Å². The minimum Gasteiger partial charge on any atom is -0.483 e. The van der Waals surface area contributed by atoms with Crippen molar-refractivity contribution in [3.8, 4) is 5.75 Å². The number of halogens is 2. The number of hydrogen-bond donors (Lipinski definition) is 0. The normalized spacial score (nSPS) is 24.0. The van der Waals surface area contributed by atoms with E-state index in [1.54, 1.807) is 0 Å². The molecule has 0 amide bonds. The molecule has 2 rings (SSSR count). The Labute approximate surface area is 128 Å². The van der Waals surface area contributed by atoms with E-state index < -0.39 is 4.92 Å². The van der Waals surface area contributed by atoms with Crippen molar-refractivity contribution in [3.63, 3.8) is 0 Å². The van der Waals surface area contributed by atoms with E-state index in [1.807, 2.05) is 0 Å². The first kappa shape index (κ1) is 15.4. The molecule has 6 heteroatoms. The van der Waals surface area contributed by atoms with Gasteiger partial charge in [-0.1, -0.05) is 25.4 Å². The molecule has 0 radical (unpaired) electrons. The molecule has 1 aromatic carbocycles. The number of alkyl halides is 1. The number of rotatable bonds is 5. The zero-order chi connectivity index (χ0) is 14.9. The Hall–Kier alpha value is -1.00. The Morgan fingerprint density at radius 2 is 2.10 bits per heavy atom. The molecule has 20 heavy (non-hydrogen) atoms. The van der Waals surface area contributed by atoms with Crippen LogP contribution in [-0.2, 0) is 0 Å². The maximum Gasteiger partial charge on any atom is 0.311 e. The maximum absolute atomic E-state index is 11.0. The van der Waals surface area contributed by atoms with Crippen molar-refractivity contribution in [2.75, 3.05) is 0 Å². The van der Waals surface area contributed by atoms with Crippen LogP contribution in [0.5, 0.6) is 5.75 Å². The predicted octanol–water partition coefficient (Wildman–Crippen LogP) is 4.81. The molecule has 0 bridgehead atoms. The topological polar surface area (TPSA) is 52.4 Å². The maximum atomic E-state index is 11.0. The van der Waals surface area contributed by atoms with E-state index in [9.17, 15) is 10.1 Å². The molecule has 0 N–H and O–H groups in total. The summed E-state index contributed by atoms with van der Waals surface area (Å²) in [6.07, 6.45) is 2.37. The van der Waals surface area contributed by atoms with Crippen molar-refractivity contribution < 1.29 is 9.66 Å². The van der Waals surface area contributed by atoms with E-state index >= 15 is 0 Å². The molecule has 1 fully saturated rings. The lowest BCUT2D eigenvalue weighted by Crippen LogP contribution is -2.56. The van der Waals surface area contributed by atoms with Crippen molar-refractivity contribution in [2.45, 2.75) is 44.6 Å². The van der Waals surface area contributed by atoms with Crippen molar-refractivity contribution >= 4 is 28.9 Å². The van der Waals surface area contributed by atoms with Crippen LogP contribution in [0.25, 0.3) is 0 Å². The molecule has 4 nitrogen and oxygen atoms in total. The third-order valence-electron chi connectivity index (χ3n) is 4.39. The van der Waals surface area contributed by atoms with Gasteiger partial charge in [0.05, 0.1) is 4.92 Å². The van der Waals surface area contributed by atoms with Gasteiger partial charge >= 0.3 is 5.69 Å². The molecule has 1 saturated carbocycles. The van der Waals surface area contributed by atoms with Crippen LogP contribution in [0.4, 0.5) is 5.69 Å². The van der Waals surface area contributed by atoms with Gasteiger partial charge in [0, 0.05) is 34.4 Å². The first-order valence-electron chi connectivity index (χ1n) is 6.69. The molecule has 1 aromatic rings. The lowest BCUT2D eigenvalue weighted by molar-refractivity contribution is -0.386. The minimum atomic E-state index is -0.456. The molecule has 1 aliphatic carbocycles. The first-order chi connectivity index (χ1) is 9.44. The average Bonchev–Trinajstić information content (AvgIpc) is 2.39. The fourth-order valence-corrected chi connectivity index (χ4v) is 3.67. The van der Waals surface area contributed by atoms with E-state index in [4.69, 9.17) is 27.9 Å². The Morgan fingerprint density at radius 3 is 2.60 bits per heavy atom. The zero-order valence-electron chi connectivity index (χ0n) is 11.4. The molecular weight excluding hydrogens is 301 g/mol. The van der Waals surface area contributed by atoms with Crippen molar-refractivity contribution in [3.05, 3.63) is 33.3 Å². The van der Waals surface area contributed by atoms with Crippen LogP contribution in [0, 0.1) is 15.5 Å². The number of nitro groups is 1. The van der Waals surface area contributed by atoms with Crippen LogP contribution >= 0.6 is 23.2 Å². The summed E-state index contributed by atoms with van der Waals surface area (Å²) in [5.74, 6) is 0.224. The van der Waals surface area contributed by atoms with Crippen molar-refractivity contribution in [2.24, 2.45) is 5.41 Å². The molecular formula is C14H17Cl2NO3. The Bertz CT molecular complexity index is 517. The average molecular weight is 318 g/mol. The van der Waals surface area contributed by atoms with Gasteiger partial charge < -0.3 is 4.74 Å². The summed E-state index contributed by atoms with van der Waals surface area (Å²) in [4.78, 5) is 10.6. The van der Waals surface area contributed by atoms with Crippen molar-refractivity contribution in [1.82, 2.24) is 0 Å². The quantitative estimate of drug-likeness (QED) is 0.444. The van der Waals surface area contributed by atoms with E-state index in [-0.39, 0.29) is 28.3 Å². The van der Waals surface area contributed by atoms with Crippen LogP contribution < -0.4 is 4.74 Å². The van der Waals surface area contributed by atoms with Crippen molar-refractivity contribution in [1.29, 1.82) is 0 Å². The fourth-order valence-electron chi connectivity index (χ4n) is 2.90. The van der Waals surface area contributed by atoms with Gasteiger partial charge in [-0.15, -0.1) is 11.6 Å². The predicted molar refractivity (Wildman–Crippen MR) is 79.8 cm³/mol. The van der Waals surface area contributed by atoms with Gasteiger partial charge in [0.15, 0.2) is 5.75 Å². The van der Waals surface area contributed by atoms with Gasteiger partial charge in [0.2, 0.25) is 0 Å². The molecule has 0 aromatic heterocycles. The SMILES string of the molecule is CCC1(CC)C(Cl)CC1Oc1cc(Cl)ccc1[N+](=O)[O-]. The summed E-state index contributed by atoms with van der Waals surface area (Å²) in [6, 6.07) is 4.36. The molecule has 0 saturated heterocycles. The smallest absolute Gasteiger partial charge is 0.311 e. The van der Waals surface area contributed by atoms with Crippen LogP contribution in [0.3, 0.4) is 0 Å². The third-order valence-corrected chi connectivity index (χ3v) is 5.24. The second kappa shape index (κ2) is 5.78. The molecule has 2 unspecified atom stereocenters. The Morgan fingerprint density at radius 1 is 1.45 bits per heavy atom. The van der Waals surface area contributed by atoms with E-state index in [0.29, 0.717) is 11.4 Å². The highest BCUT2D eigenvalue weighted by Crippen LogP contribution is 2.52. The number of ether oxygens (including phenoxy) is 1. The molecule has 0 spiro atoms. The highest BCUT2D eigenvalue weighted by molar-refractivity contribution is 6.30. The summed E-state index contributed by atoms with van der Waals surface area (Å²) >= 11 is 12.2. The van der Waals surface area contributed by atoms with Crippen LogP contribution in [0.15, 0.2) is 18.2 Å². The highest BCUT2D eigenvalue weighted by Gasteiger charge is 2.53. The van der Waals surface area contributed by atoms with E-state index in [0.717, 1.165) is 12.8 Å². The Balaban J connectivity index is 2.27. The monoisotopic (exact) mass is 317 g/mol. The molecule has 1 aliphatic rings. The second-order valence-corrected chi connectivity index (χ2v) is 6.08. The number of hydrogen-bond acceptors (Lipinski definition) is 3. The highest BCUT2D eigenvalue weighted by atomic mass is 35.5. The summed E-state index contributed by atoms with van der Waals surface area (Å²) < 4.78 is 5.88. The second-order valence-electron chi connectivity index (χ2n) is 5.12. The third kappa shape index (κ3) is 2.47. The van der Waals surface area contributed by atoms with Crippen LogP contribution in [-0.4, -0.2) is 16.4 Å². The van der Waals surface area contributed by atoms with E-state index in [1.165, 1.54) is 18.2 Å². The molecule has 0 aliphatic heterocycles. The van der Waals surface area contributed by atoms with Gasteiger partial charge in [-0.25, -0.2) is 0 Å². The fraction of sp³-hybridized carbons (Fsp3) is 0.571. The lowest BCUT2D eigenvalue weighted by Gasteiger charge is -2.52. The summed E-state index contributed by atoms with van der Waals surface area (Å²) in [5, 5.41) is 11.5. The lowest BCUT2D eigenvalue weighted by atomic mass is 9.62. The standard InChI is InChI=1S/C14H17Cl2NO3/c1-3-14(4-2)12(16)8-13(14)20-11-7-9(15)5-6-10(11)17(18)19/h5-7,12-13H,3-4,8H2,1-2H3. The van der Waals surface area contributed by atoms with Crippen LogP contribution in [0.1, 0.15) is 33.1 Å². The number of benzene rings is 1. The van der Waals surface area contributed by atoms with Gasteiger partial charge in [0.25, 0.3) is 0 Å². The van der Waals surface area contributed by atoms with Gasteiger partial charge in [-0.2, -0.15) is 0 Å². The largest absolute Gasteiger partial charge is 0.483 e. The molecule has 110 valence electrons. The summed E-state index contributed by atoms with van der Waals surface area (Å²) in [5.41, 5.74) is -0.175.